The number of nitrogens with one attached hydrogen (secondary N) is 2. The summed E-state index contributed by atoms with van der Waals surface area (Å²) >= 11 is 0. The summed E-state index contributed by atoms with van der Waals surface area (Å²) in [7, 11) is 0. The fourth-order valence-corrected chi connectivity index (χ4v) is 3.48. The van der Waals surface area contributed by atoms with Crippen molar-refractivity contribution in [3.63, 3.8) is 0 Å². The molecule has 1 aliphatic rings. The van der Waals surface area contributed by atoms with Crippen LogP contribution in [0.3, 0.4) is 0 Å². The van der Waals surface area contributed by atoms with Crippen LogP contribution in [-0.4, -0.2) is 23.8 Å². The number of amides is 3. The minimum Gasteiger partial charge on any atom is -0.326 e. The van der Waals surface area contributed by atoms with Crippen molar-refractivity contribution in [3.8, 4) is 0 Å². The molecule has 156 valence electrons. The van der Waals surface area contributed by atoms with Crippen molar-refractivity contribution in [1.29, 1.82) is 0 Å². The number of fused-ring (bicyclic) bond motifs is 1. The highest BCUT2D eigenvalue weighted by atomic mass is 19.1. The summed E-state index contributed by atoms with van der Waals surface area (Å²) in [5.74, 6) is -1.83. The third-order valence-electron chi connectivity index (χ3n) is 5.06. The van der Waals surface area contributed by atoms with Crippen LogP contribution >= 0.6 is 0 Å². The van der Waals surface area contributed by atoms with Crippen LogP contribution in [0.5, 0.6) is 0 Å². The van der Waals surface area contributed by atoms with Crippen LogP contribution < -0.4 is 15.5 Å². The van der Waals surface area contributed by atoms with E-state index in [4.69, 9.17) is 0 Å². The van der Waals surface area contributed by atoms with E-state index in [1.54, 1.807) is 36.4 Å². The third kappa shape index (κ3) is 4.30. The van der Waals surface area contributed by atoms with Gasteiger partial charge in [-0.3, -0.25) is 19.3 Å². The number of para-hydroxylation sites is 2. The molecule has 0 aromatic heterocycles. The molecule has 2 N–H and O–H groups in total. The van der Waals surface area contributed by atoms with Crippen molar-refractivity contribution < 1.29 is 18.8 Å². The fraction of sp³-hybridized carbons (Fsp3) is 0.125. The Morgan fingerprint density at radius 3 is 2.39 bits per heavy atom. The molecule has 0 radical (unpaired) electrons. The summed E-state index contributed by atoms with van der Waals surface area (Å²) in [5.41, 5.74) is 2.82. The molecular formula is C24H20FN3O3. The zero-order valence-electron chi connectivity index (χ0n) is 16.8. The Balaban J connectivity index is 1.64. The first-order valence-corrected chi connectivity index (χ1v) is 9.78. The van der Waals surface area contributed by atoms with Crippen molar-refractivity contribution in [3.05, 3.63) is 89.7 Å². The van der Waals surface area contributed by atoms with Gasteiger partial charge >= 0.3 is 0 Å². The first-order chi connectivity index (χ1) is 14.9. The molecule has 0 unspecified atom stereocenters. The number of hydrogen-bond donors (Lipinski definition) is 2. The molecule has 0 saturated carbocycles. The molecule has 0 bridgehead atoms. The van der Waals surface area contributed by atoms with Gasteiger partial charge in [0, 0.05) is 11.3 Å². The van der Waals surface area contributed by atoms with Crippen LogP contribution in [0.1, 0.15) is 22.3 Å². The van der Waals surface area contributed by atoms with Crippen LogP contribution in [-0.2, 0) is 9.59 Å². The second-order valence-corrected chi connectivity index (χ2v) is 7.32. The van der Waals surface area contributed by atoms with Gasteiger partial charge in [0.05, 0.1) is 17.8 Å². The number of carbonyl (C=O) groups is 3. The van der Waals surface area contributed by atoms with Gasteiger partial charge in [-0.2, -0.15) is 0 Å². The molecule has 3 amide bonds. The van der Waals surface area contributed by atoms with Crippen LogP contribution in [0.15, 0.2) is 72.8 Å². The number of aryl methyl sites for hydroxylation is 1. The normalized spacial score (nSPS) is 15.1. The smallest absolute Gasteiger partial charge is 0.259 e. The molecule has 31 heavy (non-hydrogen) atoms. The number of hydrogen-bond acceptors (Lipinski definition) is 3. The maximum Gasteiger partial charge on any atom is 0.259 e. The Morgan fingerprint density at radius 1 is 1.00 bits per heavy atom. The molecule has 1 heterocycles. The summed E-state index contributed by atoms with van der Waals surface area (Å²) in [6.07, 6.45) is -0.235. The summed E-state index contributed by atoms with van der Waals surface area (Å²) in [5, 5.41) is 5.52. The first kappa shape index (κ1) is 20.3. The van der Waals surface area contributed by atoms with Crippen LogP contribution in [0.2, 0.25) is 0 Å². The van der Waals surface area contributed by atoms with Gasteiger partial charge in [0.15, 0.2) is 0 Å². The van der Waals surface area contributed by atoms with Gasteiger partial charge in [-0.05, 0) is 55.5 Å². The molecule has 3 aromatic carbocycles. The summed E-state index contributed by atoms with van der Waals surface area (Å²) in [4.78, 5) is 40.1. The predicted octanol–water partition coefficient (Wildman–Crippen LogP) is 4.13. The number of benzene rings is 3. The van der Waals surface area contributed by atoms with Gasteiger partial charge in [-0.15, -0.1) is 0 Å². The lowest BCUT2D eigenvalue weighted by Crippen LogP contribution is -2.52. The Bertz CT molecular complexity index is 1140. The molecule has 0 aliphatic carbocycles. The summed E-state index contributed by atoms with van der Waals surface area (Å²) < 4.78 is 13.3. The van der Waals surface area contributed by atoms with Crippen molar-refractivity contribution in [2.24, 2.45) is 0 Å². The van der Waals surface area contributed by atoms with Gasteiger partial charge in [-0.25, -0.2) is 4.39 Å². The first-order valence-electron chi connectivity index (χ1n) is 9.78. The molecule has 0 saturated heterocycles. The second-order valence-electron chi connectivity index (χ2n) is 7.32. The number of carbonyl (C=O) groups excluding carboxylic acids is 3. The monoisotopic (exact) mass is 417 g/mol. The van der Waals surface area contributed by atoms with E-state index >= 15 is 0 Å². The van der Waals surface area contributed by atoms with E-state index < -0.39 is 29.6 Å². The zero-order chi connectivity index (χ0) is 22.0. The van der Waals surface area contributed by atoms with E-state index in [-0.39, 0.29) is 12.0 Å². The van der Waals surface area contributed by atoms with Gasteiger partial charge in [0.25, 0.3) is 5.91 Å². The molecule has 6 nitrogen and oxygen atoms in total. The maximum atomic E-state index is 13.3. The Labute approximate surface area is 178 Å². The second kappa shape index (κ2) is 8.39. The molecule has 1 aliphatic heterocycles. The van der Waals surface area contributed by atoms with Gasteiger partial charge < -0.3 is 10.6 Å². The van der Waals surface area contributed by atoms with Gasteiger partial charge in [0.2, 0.25) is 11.8 Å². The largest absolute Gasteiger partial charge is 0.326 e. The lowest BCUT2D eigenvalue weighted by molar-refractivity contribution is -0.122. The van der Waals surface area contributed by atoms with Crippen LogP contribution in [0.25, 0.3) is 0 Å². The quantitative estimate of drug-likeness (QED) is 0.670. The number of halogens is 1. The minimum absolute atomic E-state index is 0.217. The van der Waals surface area contributed by atoms with Gasteiger partial charge in [-0.1, -0.05) is 29.8 Å². The molecule has 7 heteroatoms. The average molecular weight is 417 g/mol. The van der Waals surface area contributed by atoms with E-state index in [0.717, 1.165) is 5.56 Å². The Kier molecular flexibility index (Phi) is 5.49. The third-order valence-corrected chi connectivity index (χ3v) is 5.06. The minimum atomic E-state index is -1.06. The molecular weight excluding hydrogens is 397 g/mol. The van der Waals surface area contributed by atoms with E-state index in [1.807, 2.05) is 19.1 Å². The van der Waals surface area contributed by atoms with Crippen molar-refractivity contribution in [2.75, 3.05) is 15.5 Å². The summed E-state index contributed by atoms with van der Waals surface area (Å²) in [6.45, 7) is 1.94. The topological polar surface area (TPSA) is 78.5 Å². The average Bonchev–Trinajstić information content (AvgIpc) is 2.76. The molecule has 1 atom stereocenters. The lowest BCUT2D eigenvalue weighted by atomic mass is 10.0. The van der Waals surface area contributed by atoms with E-state index in [9.17, 15) is 18.8 Å². The molecule has 3 aromatic rings. The Hall–Kier alpha value is -4.00. The predicted molar refractivity (Wildman–Crippen MR) is 116 cm³/mol. The Morgan fingerprint density at radius 2 is 1.68 bits per heavy atom. The highest BCUT2D eigenvalue weighted by Crippen LogP contribution is 2.34. The van der Waals surface area contributed by atoms with Crippen molar-refractivity contribution in [2.45, 2.75) is 19.4 Å². The van der Waals surface area contributed by atoms with Crippen molar-refractivity contribution in [1.82, 2.24) is 0 Å². The van der Waals surface area contributed by atoms with E-state index in [0.29, 0.717) is 17.1 Å². The summed E-state index contributed by atoms with van der Waals surface area (Å²) in [6, 6.07) is 18.1. The molecule has 0 spiro atoms. The number of rotatable bonds is 4. The fourth-order valence-electron chi connectivity index (χ4n) is 3.48. The number of anilines is 3. The van der Waals surface area contributed by atoms with Crippen LogP contribution in [0, 0.1) is 12.7 Å². The lowest BCUT2D eigenvalue weighted by Gasteiger charge is -2.36. The standard InChI is InChI=1S/C24H20FN3O3/c1-15-6-12-18(13-7-15)26-22(29)14-21-23(30)27-19-4-2-3-5-20(19)28(21)24(31)16-8-10-17(25)11-9-16/h2-13,21H,14H2,1H3,(H,26,29)(H,27,30)/t21-/m1/s1. The van der Waals surface area contributed by atoms with E-state index in [1.165, 1.54) is 29.2 Å². The number of nitrogens with zero attached hydrogens (tertiary/aromatic N) is 1. The highest BCUT2D eigenvalue weighted by Gasteiger charge is 2.38. The van der Waals surface area contributed by atoms with Crippen LogP contribution in [0.4, 0.5) is 21.5 Å². The molecule has 0 fully saturated rings. The van der Waals surface area contributed by atoms with Crippen molar-refractivity contribution >= 4 is 34.8 Å². The SMILES string of the molecule is Cc1ccc(NC(=O)C[C@@H]2C(=O)Nc3ccccc3N2C(=O)c2ccc(F)cc2)cc1. The molecule has 4 rings (SSSR count). The van der Waals surface area contributed by atoms with E-state index in [2.05, 4.69) is 10.6 Å². The maximum absolute atomic E-state index is 13.3. The zero-order valence-corrected chi connectivity index (χ0v) is 16.8. The van der Waals surface area contributed by atoms with Gasteiger partial charge in [0.1, 0.15) is 11.9 Å². The highest BCUT2D eigenvalue weighted by molar-refractivity contribution is 6.17.